The van der Waals surface area contributed by atoms with Crippen molar-refractivity contribution in [3.8, 4) is 18.1 Å². The van der Waals surface area contributed by atoms with Crippen LogP contribution in [0.5, 0.6) is 5.75 Å². The number of carbonyl (C=O) groups is 2. The zero-order valence-electron chi connectivity index (χ0n) is 21.2. The molecule has 0 bridgehead atoms. The molecule has 0 aromatic heterocycles. The Morgan fingerprint density at radius 3 is 2.12 bits per heavy atom. The number of nitrogens with one attached hydrogen (secondary N) is 1. The number of rotatable bonds is 11. The van der Waals surface area contributed by atoms with Crippen LogP contribution in [0.25, 0.3) is 0 Å². The lowest BCUT2D eigenvalue weighted by molar-refractivity contribution is -0.403. The van der Waals surface area contributed by atoms with Gasteiger partial charge in [0.2, 0.25) is 0 Å². The summed E-state index contributed by atoms with van der Waals surface area (Å²) in [4.78, 5) is 26.1. The summed E-state index contributed by atoms with van der Waals surface area (Å²) in [5.41, 5.74) is 5.11. The molecule has 1 amide bonds. The number of benzene rings is 2. The third-order valence-corrected chi connectivity index (χ3v) is 5.70. The van der Waals surface area contributed by atoms with Crippen molar-refractivity contribution < 1.29 is 20.1 Å². The molecule has 0 radical (unpaired) electrons. The summed E-state index contributed by atoms with van der Waals surface area (Å²) in [7, 11) is 0. The van der Waals surface area contributed by atoms with Crippen molar-refractivity contribution in [3.05, 3.63) is 65.7 Å². The number of amides is 1. The first-order valence-corrected chi connectivity index (χ1v) is 11.8. The van der Waals surface area contributed by atoms with Crippen LogP contribution in [-0.4, -0.2) is 28.9 Å². The molecule has 0 aliphatic rings. The standard InChI is InChI=1S/C29H38N2O3/c1-7-8-14-26(32)24(19-21-12-10-9-11-13-21)29(5,6)31-27(33)25(30)20-22-15-17-23(18-16-22)34-28(2,3)4/h1,9-13,15-18,24-25H,8,14,19-20,30H2,2-6H3,(H,31,33)/p+1/t24-,25-/m0/s1. The van der Waals surface area contributed by atoms with E-state index >= 15 is 0 Å². The molecular formula is C29H39N2O3+. The van der Waals surface area contributed by atoms with Gasteiger partial charge in [0, 0.05) is 30.7 Å². The van der Waals surface area contributed by atoms with Gasteiger partial charge in [-0.25, -0.2) is 0 Å². The van der Waals surface area contributed by atoms with E-state index in [1.165, 1.54) is 0 Å². The predicted octanol–water partition coefficient (Wildman–Crippen LogP) is 3.75. The van der Waals surface area contributed by atoms with Crippen molar-refractivity contribution in [2.45, 2.75) is 77.5 Å². The van der Waals surface area contributed by atoms with E-state index in [0.717, 1.165) is 16.9 Å². The first kappa shape index (κ1) is 27.1. The van der Waals surface area contributed by atoms with Gasteiger partial charge in [-0.1, -0.05) is 42.5 Å². The smallest absolute Gasteiger partial charge is 0.278 e. The third-order valence-electron chi connectivity index (χ3n) is 5.70. The Morgan fingerprint density at radius 2 is 1.56 bits per heavy atom. The molecule has 0 aliphatic heterocycles. The monoisotopic (exact) mass is 463 g/mol. The van der Waals surface area contributed by atoms with E-state index in [4.69, 9.17) is 11.2 Å². The second kappa shape index (κ2) is 11.9. The highest BCUT2D eigenvalue weighted by Crippen LogP contribution is 2.25. The van der Waals surface area contributed by atoms with Crippen LogP contribution in [0.3, 0.4) is 0 Å². The van der Waals surface area contributed by atoms with Crippen molar-refractivity contribution in [2.75, 3.05) is 0 Å². The Labute approximate surface area is 204 Å². The predicted molar refractivity (Wildman–Crippen MR) is 136 cm³/mol. The number of ketones is 1. The van der Waals surface area contributed by atoms with Gasteiger partial charge in [0.05, 0.1) is 0 Å². The lowest BCUT2D eigenvalue weighted by Crippen LogP contribution is -2.70. The fraction of sp³-hybridized carbons (Fsp3) is 0.448. The molecule has 4 N–H and O–H groups in total. The molecule has 0 aliphatic carbocycles. The topological polar surface area (TPSA) is 83.0 Å². The van der Waals surface area contributed by atoms with E-state index in [1.807, 2.05) is 89.2 Å². The second-order valence-electron chi connectivity index (χ2n) is 10.4. The molecule has 0 heterocycles. The summed E-state index contributed by atoms with van der Waals surface area (Å²) in [6.07, 6.45) is 7.10. The molecule has 5 heteroatoms. The minimum Gasteiger partial charge on any atom is -0.488 e. The highest BCUT2D eigenvalue weighted by molar-refractivity contribution is 5.86. The Bertz CT molecular complexity index is 983. The molecule has 2 rings (SSSR count). The molecule has 0 saturated heterocycles. The molecule has 2 aromatic rings. The van der Waals surface area contributed by atoms with Gasteiger partial charge < -0.3 is 15.8 Å². The van der Waals surface area contributed by atoms with Gasteiger partial charge in [-0.2, -0.15) is 0 Å². The summed E-state index contributed by atoms with van der Waals surface area (Å²) >= 11 is 0. The summed E-state index contributed by atoms with van der Waals surface area (Å²) in [6.45, 7) is 9.80. The molecular weight excluding hydrogens is 424 g/mol. The van der Waals surface area contributed by atoms with Crippen molar-refractivity contribution >= 4 is 11.7 Å². The van der Waals surface area contributed by atoms with E-state index in [2.05, 4.69) is 17.0 Å². The number of ether oxygens (including phenoxy) is 1. The average molecular weight is 464 g/mol. The maximum absolute atomic E-state index is 13.1. The minimum atomic E-state index is -0.751. The quantitative estimate of drug-likeness (QED) is 0.498. The van der Waals surface area contributed by atoms with Crippen LogP contribution < -0.4 is 15.8 Å². The van der Waals surface area contributed by atoms with Crippen LogP contribution in [0.4, 0.5) is 0 Å². The van der Waals surface area contributed by atoms with E-state index in [1.54, 1.807) is 0 Å². The molecule has 2 atom stereocenters. The van der Waals surface area contributed by atoms with Crippen LogP contribution in [0.15, 0.2) is 54.6 Å². The number of quaternary nitrogens is 1. The second-order valence-corrected chi connectivity index (χ2v) is 10.4. The van der Waals surface area contributed by atoms with E-state index < -0.39 is 17.5 Å². The van der Waals surface area contributed by atoms with Gasteiger partial charge in [0.15, 0.2) is 6.04 Å². The number of hydrogen-bond acceptors (Lipinski definition) is 3. The Hall–Kier alpha value is -3.10. The summed E-state index contributed by atoms with van der Waals surface area (Å²) in [5.74, 6) is 2.82. The van der Waals surface area contributed by atoms with E-state index in [-0.39, 0.29) is 17.3 Å². The number of carbonyl (C=O) groups excluding carboxylic acids is 2. The highest BCUT2D eigenvalue weighted by atomic mass is 16.5. The van der Waals surface area contributed by atoms with E-state index in [0.29, 0.717) is 25.7 Å². The Balaban J connectivity index is 2.08. The van der Waals surface area contributed by atoms with Gasteiger partial charge >= 0.3 is 0 Å². The third kappa shape index (κ3) is 8.68. The summed E-state index contributed by atoms with van der Waals surface area (Å²) in [6, 6.07) is 17.1. The van der Waals surface area contributed by atoms with Gasteiger partial charge in [-0.15, -0.1) is 12.3 Å². The normalized spacial score (nSPS) is 13.4. The fourth-order valence-electron chi connectivity index (χ4n) is 3.92. The Morgan fingerprint density at radius 1 is 0.971 bits per heavy atom. The van der Waals surface area contributed by atoms with Crippen LogP contribution in [-0.2, 0) is 22.4 Å². The van der Waals surface area contributed by atoms with Gasteiger partial charge in [0.25, 0.3) is 5.91 Å². The molecule has 0 unspecified atom stereocenters. The molecule has 34 heavy (non-hydrogen) atoms. The summed E-state index contributed by atoms with van der Waals surface area (Å²) < 4.78 is 5.86. The van der Waals surface area contributed by atoms with Crippen LogP contribution in [0, 0.1) is 18.3 Å². The molecule has 0 spiro atoms. The van der Waals surface area contributed by atoms with Gasteiger partial charge in [-0.05, 0) is 64.3 Å². The van der Waals surface area contributed by atoms with Crippen molar-refractivity contribution in [3.63, 3.8) is 0 Å². The van der Waals surface area contributed by atoms with Crippen molar-refractivity contribution in [1.29, 1.82) is 0 Å². The fourth-order valence-corrected chi connectivity index (χ4v) is 3.92. The molecule has 0 saturated carbocycles. The lowest BCUT2D eigenvalue weighted by atomic mass is 9.78. The van der Waals surface area contributed by atoms with E-state index in [9.17, 15) is 9.59 Å². The molecule has 0 fully saturated rings. The molecule has 5 nitrogen and oxygen atoms in total. The zero-order valence-corrected chi connectivity index (χ0v) is 21.2. The average Bonchev–Trinajstić information content (AvgIpc) is 2.76. The van der Waals surface area contributed by atoms with Crippen molar-refractivity contribution in [2.24, 2.45) is 5.92 Å². The highest BCUT2D eigenvalue weighted by Gasteiger charge is 2.37. The van der Waals surface area contributed by atoms with Gasteiger partial charge in [-0.3, -0.25) is 9.59 Å². The first-order valence-electron chi connectivity index (χ1n) is 11.8. The van der Waals surface area contributed by atoms with Crippen LogP contribution >= 0.6 is 0 Å². The lowest BCUT2D eigenvalue weighted by Gasteiger charge is -2.35. The SMILES string of the molecule is C#CCCC(=O)[C@H](Cc1ccccc1)C(C)(C)NC(=O)[C@@H]([NH3+])Cc1ccc(OC(C)(C)C)cc1. The summed E-state index contributed by atoms with van der Waals surface area (Å²) in [5, 5.41) is 3.10. The maximum Gasteiger partial charge on any atom is 0.278 e. The Kier molecular flexibility index (Phi) is 9.46. The van der Waals surface area contributed by atoms with Crippen molar-refractivity contribution in [1.82, 2.24) is 5.32 Å². The largest absolute Gasteiger partial charge is 0.488 e. The van der Waals surface area contributed by atoms with Gasteiger partial charge in [0.1, 0.15) is 17.1 Å². The van der Waals surface area contributed by atoms with Crippen LogP contribution in [0.1, 0.15) is 58.6 Å². The minimum absolute atomic E-state index is 0.0575. The zero-order chi connectivity index (χ0) is 25.4. The van der Waals surface area contributed by atoms with Crippen LogP contribution in [0.2, 0.25) is 0 Å². The molecule has 2 aromatic carbocycles. The maximum atomic E-state index is 13.1. The molecule has 182 valence electrons. The number of terminal acetylenes is 1. The number of Topliss-reactive ketones (excluding diaryl/α,β-unsaturated/α-hetero) is 1. The number of hydrogen-bond donors (Lipinski definition) is 2. The first-order chi connectivity index (χ1) is 15.9.